The van der Waals surface area contributed by atoms with Crippen LogP contribution in [0.25, 0.3) is 0 Å². The fourth-order valence-electron chi connectivity index (χ4n) is 7.11. The zero-order valence-corrected chi connectivity index (χ0v) is 14.4. The number of rotatable bonds is 2. The van der Waals surface area contributed by atoms with Crippen molar-refractivity contribution in [1.82, 2.24) is 0 Å². The molecule has 4 aliphatic rings. The average Bonchev–Trinajstić information content (AvgIpc) is 2.83. The lowest BCUT2D eigenvalue weighted by Gasteiger charge is -2.54. The van der Waals surface area contributed by atoms with Gasteiger partial charge in [0.05, 0.1) is 0 Å². The molecule has 0 aromatic rings. The molecule has 0 radical (unpaired) electrons. The number of hydrogen-bond acceptors (Lipinski definition) is 2. The quantitative estimate of drug-likeness (QED) is 0.752. The smallest absolute Gasteiger partial charge is 0.139 e. The lowest BCUT2D eigenvalue weighted by Crippen LogP contribution is -2.48. The highest BCUT2D eigenvalue weighted by Crippen LogP contribution is 2.61. The molecule has 2 nitrogen and oxygen atoms in total. The zero-order chi connectivity index (χ0) is 15.3. The van der Waals surface area contributed by atoms with Crippen molar-refractivity contribution in [1.29, 1.82) is 0 Å². The molecule has 4 fully saturated rings. The van der Waals surface area contributed by atoms with E-state index in [9.17, 15) is 4.79 Å². The van der Waals surface area contributed by atoms with E-state index in [0.29, 0.717) is 5.78 Å². The number of carbonyl (C=O) groups is 1. The topological polar surface area (TPSA) is 26.3 Å². The van der Waals surface area contributed by atoms with Gasteiger partial charge in [-0.15, -0.1) is 0 Å². The minimum absolute atomic E-state index is 0.0568. The molecule has 0 N–H and O–H groups in total. The lowest BCUT2D eigenvalue weighted by molar-refractivity contribution is -0.133. The maximum Gasteiger partial charge on any atom is 0.139 e. The Bertz CT molecular complexity index is 445. The molecular weight excluding hydrogens is 272 g/mol. The third-order valence-corrected chi connectivity index (χ3v) is 8.17. The van der Waals surface area contributed by atoms with Crippen LogP contribution in [0.1, 0.15) is 64.7 Å². The van der Waals surface area contributed by atoms with Crippen molar-refractivity contribution in [2.45, 2.75) is 64.7 Å². The molecule has 5 unspecified atom stereocenters. The molecule has 0 heterocycles. The highest BCUT2D eigenvalue weighted by Gasteiger charge is 2.56. The third-order valence-electron chi connectivity index (χ3n) is 8.17. The standard InChI is InChI=1S/C20H32O2/c1-20-10-9-16-15-5-3-13(12-22-2)11-14(15)4-6-17(16)18(20)7-8-19(20)21/h13-18H,3-12H2,1-2H3/t13-,14?,15-,16?,17?,18?,20?/m0/s1. The van der Waals surface area contributed by atoms with E-state index in [1.54, 1.807) is 0 Å². The van der Waals surface area contributed by atoms with Crippen molar-refractivity contribution in [3.05, 3.63) is 0 Å². The van der Waals surface area contributed by atoms with E-state index in [1.165, 1.54) is 51.4 Å². The van der Waals surface area contributed by atoms with Crippen LogP contribution < -0.4 is 0 Å². The first-order valence-electron chi connectivity index (χ1n) is 9.65. The normalized spacial score (nSPS) is 51.1. The zero-order valence-electron chi connectivity index (χ0n) is 14.4. The molecule has 0 spiro atoms. The van der Waals surface area contributed by atoms with Crippen LogP contribution in [0.2, 0.25) is 0 Å². The molecular formula is C20H32O2. The van der Waals surface area contributed by atoms with Gasteiger partial charge in [-0.25, -0.2) is 0 Å². The second-order valence-corrected chi connectivity index (χ2v) is 8.99. The fraction of sp³-hybridized carbons (Fsp3) is 0.950. The summed E-state index contributed by atoms with van der Waals surface area (Å²) in [4.78, 5) is 12.4. The molecule has 0 amide bonds. The van der Waals surface area contributed by atoms with Crippen LogP contribution in [0.5, 0.6) is 0 Å². The number of ketones is 1. The van der Waals surface area contributed by atoms with Crippen molar-refractivity contribution in [2.75, 3.05) is 13.7 Å². The number of fused-ring (bicyclic) bond motifs is 5. The molecule has 0 bridgehead atoms. The van der Waals surface area contributed by atoms with Gasteiger partial charge in [0.1, 0.15) is 5.78 Å². The van der Waals surface area contributed by atoms with Gasteiger partial charge in [0.2, 0.25) is 0 Å². The SMILES string of the molecule is COC[C@H]1CC[C@H]2C(CCC3C2CCC2(C)C(=O)CCC32)C1. The van der Waals surface area contributed by atoms with E-state index >= 15 is 0 Å². The highest BCUT2D eigenvalue weighted by molar-refractivity contribution is 5.87. The van der Waals surface area contributed by atoms with Crippen molar-refractivity contribution in [3.8, 4) is 0 Å². The van der Waals surface area contributed by atoms with Gasteiger partial charge in [-0.2, -0.15) is 0 Å². The van der Waals surface area contributed by atoms with Gasteiger partial charge in [-0.3, -0.25) is 4.79 Å². The molecule has 22 heavy (non-hydrogen) atoms. The van der Waals surface area contributed by atoms with Crippen molar-refractivity contribution in [3.63, 3.8) is 0 Å². The van der Waals surface area contributed by atoms with E-state index in [1.807, 2.05) is 7.11 Å². The summed E-state index contributed by atoms with van der Waals surface area (Å²) in [5.74, 6) is 5.84. The van der Waals surface area contributed by atoms with Gasteiger partial charge in [-0.1, -0.05) is 6.92 Å². The molecule has 0 saturated heterocycles. The molecule has 4 saturated carbocycles. The number of carbonyl (C=O) groups excluding carboxylic acids is 1. The van der Waals surface area contributed by atoms with Gasteiger partial charge >= 0.3 is 0 Å². The van der Waals surface area contributed by atoms with E-state index in [0.717, 1.165) is 48.5 Å². The van der Waals surface area contributed by atoms with Gasteiger partial charge in [0.25, 0.3) is 0 Å². The van der Waals surface area contributed by atoms with Gasteiger partial charge in [-0.05, 0) is 86.9 Å². The summed E-state index contributed by atoms with van der Waals surface area (Å²) < 4.78 is 5.41. The van der Waals surface area contributed by atoms with Crippen LogP contribution in [0, 0.1) is 40.9 Å². The maximum absolute atomic E-state index is 12.4. The molecule has 0 aliphatic heterocycles. The Hall–Kier alpha value is -0.370. The van der Waals surface area contributed by atoms with E-state index in [2.05, 4.69) is 6.92 Å². The van der Waals surface area contributed by atoms with E-state index < -0.39 is 0 Å². The van der Waals surface area contributed by atoms with Crippen LogP contribution in [-0.4, -0.2) is 19.5 Å². The van der Waals surface area contributed by atoms with Crippen LogP contribution in [-0.2, 0) is 9.53 Å². The summed E-state index contributed by atoms with van der Waals surface area (Å²) in [6.07, 6.45) is 11.6. The minimum atomic E-state index is 0.0568. The van der Waals surface area contributed by atoms with E-state index in [-0.39, 0.29) is 5.41 Å². The average molecular weight is 304 g/mol. The molecule has 2 heteroatoms. The summed E-state index contributed by atoms with van der Waals surface area (Å²) in [6, 6.07) is 0. The highest BCUT2D eigenvalue weighted by atomic mass is 16.5. The summed E-state index contributed by atoms with van der Waals surface area (Å²) in [5.41, 5.74) is 0.0568. The lowest BCUT2D eigenvalue weighted by atomic mass is 9.50. The Labute approximate surface area is 135 Å². The van der Waals surface area contributed by atoms with Gasteiger partial charge in [0, 0.05) is 25.6 Å². The van der Waals surface area contributed by atoms with Crippen LogP contribution >= 0.6 is 0 Å². The Morgan fingerprint density at radius 2 is 1.86 bits per heavy atom. The first-order valence-corrected chi connectivity index (χ1v) is 9.65. The molecule has 124 valence electrons. The second kappa shape index (κ2) is 5.61. The van der Waals surface area contributed by atoms with Crippen molar-refractivity contribution >= 4 is 5.78 Å². The molecule has 0 aromatic carbocycles. The number of hydrogen-bond donors (Lipinski definition) is 0. The summed E-state index contributed by atoms with van der Waals surface area (Å²) >= 11 is 0. The Kier molecular flexibility index (Phi) is 3.87. The number of methoxy groups -OCH3 is 1. The summed E-state index contributed by atoms with van der Waals surface area (Å²) in [7, 11) is 1.85. The largest absolute Gasteiger partial charge is 0.384 e. The molecule has 7 atom stereocenters. The monoisotopic (exact) mass is 304 g/mol. The number of ether oxygens (including phenoxy) is 1. The van der Waals surface area contributed by atoms with Crippen LogP contribution in [0.3, 0.4) is 0 Å². The number of Topliss-reactive ketones (excluding diaryl/α,β-unsaturated/α-hetero) is 1. The maximum atomic E-state index is 12.4. The minimum Gasteiger partial charge on any atom is -0.384 e. The van der Waals surface area contributed by atoms with Crippen molar-refractivity contribution < 1.29 is 9.53 Å². The summed E-state index contributed by atoms with van der Waals surface area (Å²) in [5, 5.41) is 0. The van der Waals surface area contributed by atoms with Crippen LogP contribution in [0.15, 0.2) is 0 Å². The second-order valence-electron chi connectivity index (χ2n) is 8.99. The Balaban J connectivity index is 1.50. The fourth-order valence-corrected chi connectivity index (χ4v) is 7.11. The Morgan fingerprint density at radius 3 is 2.68 bits per heavy atom. The van der Waals surface area contributed by atoms with Crippen LogP contribution in [0.4, 0.5) is 0 Å². The summed E-state index contributed by atoms with van der Waals surface area (Å²) in [6.45, 7) is 3.26. The third kappa shape index (κ3) is 2.20. The predicted molar refractivity (Wildman–Crippen MR) is 87.5 cm³/mol. The first kappa shape index (κ1) is 15.2. The molecule has 4 aliphatic carbocycles. The van der Waals surface area contributed by atoms with Crippen molar-refractivity contribution in [2.24, 2.45) is 40.9 Å². The molecule has 4 rings (SSSR count). The van der Waals surface area contributed by atoms with Gasteiger partial charge < -0.3 is 4.74 Å². The van der Waals surface area contributed by atoms with E-state index in [4.69, 9.17) is 4.74 Å². The molecule has 0 aromatic heterocycles. The first-order chi connectivity index (χ1) is 10.6. The Morgan fingerprint density at radius 1 is 1.05 bits per heavy atom. The van der Waals surface area contributed by atoms with Gasteiger partial charge in [0.15, 0.2) is 0 Å². The predicted octanol–water partition coefficient (Wildman–Crippen LogP) is 4.47.